The number of nitrogens with zero attached hydrogens (tertiary/aromatic N) is 3. The lowest BCUT2D eigenvalue weighted by Crippen LogP contribution is -2.46. The molecule has 2 aliphatic rings. The quantitative estimate of drug-likeness (QED) is 0.356. The monoisotopic (exact) mass is 544 g/mol. The Labute approximate surface area is 234 Å². The maximum Gasteiger partial charge on any atom is 0.326 e. The van der Waals surface area contributed by atoms with Gasteiger partial charge >= 0.3 is 6.03 Å². The zero-order chi connectivity index (χ0) is 28.2. The van der Waals surface area contributed by atoms with E-state index in [1.165, 1.54) is 35.9 Å². The van der Waals surface area contributed by atoms with Crippen molar-refractivity contribution in [1.29, 1.82) is 0 Å². The minimum absolute atomic E-state index is 0.119. The van der Waals surface area contributed by atoms with E-state index in [-0.39, 0.29) is 23.8 Å². The van der Waals surface area contributed by atoms with E-state index in [1.54, 1.807) is 11.0 Å². The molecular weight excluding hydrogens is 508 g/mol. The molecule has 0 spiro atoms. The standard InChI is InChI=1S/C31H36N4O5/c1-21-18-34(31(38)33(3)22(2)36)20-27-30(21)25-11-4-5-12-26(25)35(27)19-24-10-8-9-23(17-24)14-15-28(37)32-40-29-13-6-7-16-39-29/h4-5,8-12,14-15,17,21,29H,6-7,13,16,18-20H2,1-3H3,(H,32,37)/b15-14+. The van der Waals surface area contributed by atoms with Crippen LogP contribution in [0.25, 0.3) is 17.0 Å². The summed E-state index contributed by atoms with van der Waals surface area (Å²) in [7, 11) is 1.52. The number of nitrogens with one attached hydrogen (secondary N) is 1. The van der Waals surface area contributed by atoms with Crippen molar-refractivity contribution in [2.75, 3.05) is 20.2 Å². The molecule has 9 heteroatoms. The maximum atomic E-state index is 13.1. The molecule has 1 fully saturated rings. The Kier molecular flexibility index (Phi) is 8.32. The smallest absolute Gasteiger partial charge is 0.326 e. The number of para-hydroxylation sites is 1. The van der Waals surface area contributed by atoms with Crippen LogP contribution < -0.4 is 5.48 Å². The van der Waals surface area contributed by atoms with Crippen LogP contribution in [0.3, 0.4) is 0 Å². The summed E-state index contributed by atoms with van der Waals surface area (Å²) < 4.78 is 7.74. The first-order valence-corrected chi connectivity index (χ1v) is 13.8. The van der Waals surface area contributed by atoms with E-state index < -0.39 is 6.29 Å². The van der Waals surface area contributed by atoms with E-state index in [2.05, 4.69) is 41.2 Å². The molecule has 9 nitrogen and oxygen atoms in total. The summed E-state index contributed by atoms with van der Waals surface area (Å²) in [6, 6.07) is 16.1. The van der Waals surface area contributed by atoms with Crippen molar-refractivity contribution in [3.05, 3.63) is 77.0 Å². The van der Waals surface area contributed by atoms with Gasteiger partial charge in [0.2, 0.25) is 5.91 Å². The molecular formula is C31H36N4O5. The Bertz CT molecular complexity index is 1440. The van der Waals surface area contributed by atoms with Gasteiger partial charge in [-0.1, -0.05) is 43.3 Å². The average Bonchev–Trinajstić information content (AvgIpc) is 3.28. The molecule has 0 radical (unpaired) electrons. The van der Waals surface area contributed by atoms with Gasteiger partial charge in [0, 0.05) is 68.7 Å². The zero-order valence-electron chi connectivity index (χ0n) is 23.3. The van der Waals surface area contributed by atoms with Gasteiger partial charge in [-0.05, 0) is 47.7 Å². The van der Waals surface area contributed by atoms with E-state index in [1.807, 2.05) is 24.3 Å². The molecule has 1 aromatic heterocycles. The Morgan fingerprint density at radius 1 is 1.15 bits per heavy atom. The molecule has 2 aromatic carbocycles. The molecule has 40 heavy (non-hydrogen) atoms. The minimum atomic E-state index is -0.395. The number of carbonyl (C=O) groups excluding carboxylic acids is 3. The highest BCUT2D eigenvalue weighted by Crippen LogP contribution is 2.37. The second-order valence-electron chi connectivity index (χ2n) is 10.6. The second kappa shape index (κ2) is 12.1. The molecule has 2 unspecified atom stereocenters. The average molecular weight is 545 g/mol. The largest absolute Gasteiger partial charge is 0.350 e. The van der Waals surface area contributed by atoms with Crippen LogP contribution in [0.2, 0.25) is 0 Å². The number of carbonyl (C=O) groups is 3. The number of aromatic nitrogens is 1. The Balaban J connectivity index is 1.36. The summed E-state index contributed by atoms with van der Waals surface area (Å²) in [6.45, 7) is 5.75. The Hall–Kier alpha value is -3.95. The number of hydrogen-bond donors (Lipinski definition) is 1. The van der Waals surface area contributed by atoms with Crippen molar-refractivity contribution in [3.63, 3.8) is 0 Å². The normalized spacial score (nSPS) is 19.0. The molecule has 1 N–H and O–H groups in total. The number of hydrogen-bond acceptors (Lipinski definition) is 5. The lowest BCUT2D eigenvalue weighted by molar-refractivity contribution is -0.198. The first kappa shape index (κ1) is 27.6. The molecule has 2 aliphatic heterocycles. The predicted octanol–water partition coefficient (Wildman–Crippen LogP) is 4.79. The molecule has 0 aliphatic carbocycles. The highest BCUT2D eigenvalue weighted by Gasteiger charge is 2.33. The van der Waals surface area contributed by atoms with Gasteiger partial charge in [0.05, 0.1) is 6.54 Å². The number of amides is 4. The van der Waals surface area contributed by atoms with Crippen molar-refractivity contribution >= 4 is 34.8 Å². The molecule has 1 saturated heterocycles. The molecule has 3 heterocycles. The van der Waals surface area contributed by atoms with Crippen LogP contribution in [0.15, 0.2) is 54.6 Å². The molecule has 5 rings (SSSR count). The number of hydroxylamine groups is 1. The van der Waals surface area contributed by atoms with Gasteiger partial charge in [0.25, 0.3) is 5.91 Å². The lowest BCUT2D eigenvalue weighted by Gasteiger charge is -2.34. The molecule has 0 bridgehead atoms. The highest BCUT2D eigenvalue weighted by atomic mass is 16.8. The van der Waals surface area contributed by atoms with Gasteiger partial charge in [-0.15, -0.1) is 0 Å². The van der Waals surface area contributed by atoms with Crippen LogP contribution in [0.5, 0.6) is 0 Å². The molecule has 0 saturated carbocycles. The van der Waals surface area contributed by atoms with Crippen molar-refractivity contribution in [3.8, 4) is 0 Å². The molecule has 4 amide bonds. The maximum absolute atomic E-state index is 13.1. The fraction of sp³-hybridized carbons (Fsp3) is 0.387. The van der Waals surface area contributed by atoms with Crippen LogP contribution in [0.4, 0.5) is 4.79 Å². The number of imide groups is 1. The van der Waals surface area contributed by atoms with Crippen molar-refractivity contribution in [2.24, 2.45) is 0 Å². The van der Waals surface area contributed by atoms with Crippen LogP contribution in [-0.4, -0.2) is 58.7 Å². The number of ether oxygens (including phenoxy) is 1. The number of rotatable bonds is 6. The number of benzene rings is 2. The van der Waals surface area contributed by atoms with Gasteiger partial charge in [-0.3, -0.25) is 14.5 Å². The fourth-order valence-corrected chi connectivity index (χ4v) is 5.56. The number of fused-ring (bicyclic) bond motifs is 3. The zero-order valence-corrected chi connectivity index (χ0v) is 23.3. The summed E-state index contributed by atoms with van der Waals surface area (Å²) in [5.41, 5.74) is 7.84. The van der Waals surface area contributed by atoms with Crippen LogP contribution >= 0.6 is 0 Å². The summed E-state index contributed by atoms with van der Waals surface area (Å²) in [6.07, 6.45) is 5.61. The topological polar surface area (TPSA) is 93.1 Å². The molecule has 3 aromatic rings. The molecule has 210 valence electrons. The van der Waals surface area contributed by atoms with Crippen molar-refractivity contribution in [1.82, 2.24) is 19.8 Å². The van der Waals surface area contributed by atoms with E-state index in [9.17, 15) is 14.4 Å². The summed E-state index contributed by atoms with van der Waals surface area (Å²) >= 11 is 0. The van der Waals surface area contributed by atoms with Gasteiger partial charge < -0.3 is 14.2 Å². The SMILES string of the molecule is CC(=O)N(C)C(=O)N1Cc2c(c3ccccc3n2Cc2cccc(/C=C/C(=O)NOC3CCCCO3)c2)C(C)C1. The third-order valence-electron chi connectivity index (χ3n) is 7.63. The highest BCUT2D eigenvalue weighted by molar-refractivity contribution is 5.93. The number of urea groups is 1. The summed E-state index contributed by atoms with van der Waals surface area (Å²) in [5, 5.41) is 1.19. The minimum Gasteiger partial charge on any atom is -0.350 e. The van der Waals surface area contributed by atoms with Crippen LogP contribution in [0.1, 0.15) is 61.4 Å². The van der Waals surface area contributed by atoms with E-state index in [4.69, 9.17) is 9.57 Å². The van der Waals surface area contributed by atoms with Crippen molar-refractivity contribution in [2.45, 2.75) is 58.4 Å². The lowest BCUT2D eigenvalue weighted by atomic mass is 9.93. The third-order valence-corrected chi connectivity index (χ3v) is 7.63. The van der Waals surface area contributed by atoms with Crippen molar-refractivity contribution < 1.29 is 24.0 Å². The predicted molar refractivity (Wildman–Crippen MR) is 152 cm³/mol. The Morgan fingerprint density at radius 3 is 2.75 bits per heavy atom. The fourth-order valence-electron chi connectivity index (χ4n) is 5.56. The summed E-state index contributed by atoms with van der Waals surface area (Å²) in [4.78, 5) is 45.5. The van der Waals surface area contributed by atoms with Gasteiger partial charge in [0.1, 0.15) is 0 Å². The first-order valence-electron chi connectivity index (χ1n) is 13.8. The van der Waals surface area contributed by atoms with Gasteiger partial charge in [-0.25, -0.2) is 15.1 Å². The Morgan fingerprint density at radius 2 is 1.98 bits per heavy atom. The molecule has 2 atom stereocenters. The van der Waals surface area contributed by atoms with E-state index in [0.29, 0.717) is 26.2 Å². The van der Waals surface area contributed by atoms with Gasteiger partial charge in [-0.2, -0.15) is 0 Å². The van der Waals surface area contributed by atoms with Crippen LogP contribution in [0, 0.1) is 0 Å². The summed E-state index contributed by atoms with van der Waals surface area (Å²) in [5.74, 6) is -0.510. The van der Waals surface area contributed by atoms with E-state index in [0.717, 1.165) is 41.6 Å². The third kappa shape index (κ3) is 5.95. The second-order valence-corrected chi connectivity index (χ2v) is 10.6. The van der Waals surface area contributed by atoms with Crippen LogP contribution in [-0.2, 0) is 32.3 Å². The van der Waals surface area contributed by atoms with E-state index >= 15 is 0 Å². The first-order chi connectivity index (χ1) is 19.3. The van der Waals surface area contributed by atoms with Gasteiger partial charge in [0.15, 0.2) is 6.29 Å².